The fourth-order valence-electron chi connectivity index (χ4n) is 6.09. The number of piperazine rings is 1. The molecule has 1 N–H and O–H groups in total. The van der Waals surface area contributed by atoms with Crippen LogP contribution in [0.1, 0.15) is 49.8 Å². The zero-order valence-corrected chi connectivity index (χ0v) is 23.8. The number of carbonyl (C=O) groups is 2. The van der Waals surface area contributed by atoms with E-state index in [0.717, 1.165) is 25.7 Å². The molecule has 38 heavy (non-hydrogen) atoms. The summed E-state index contributed by atoms with van der Waals surface area (Å²) in [5.41, 5.74) is 3.02. The molecule has 0 spiro atoms. The Hall–Kier alpha value is -2.71. The molecule has 0 unspecified atom stereocenters. The van der Waals surface area contributed by atoms with Gasteiger partial charge in [0.25, 0.3) is 0 Å². The van der Waals surface area contributed by atoms with E-state index in [1.165, 1.54) is 11.1 Å². The Morgan fingerprint density at radius 3 is 2.18 bits per heavy atom. The van der Waals surface area contributed by atoms with Crippen LogP contribution in [0.4, 0.5) is 0 Å². The lowest BCUT2D eigenvalue weighted by atomic mass is 9.86. The molecule has 2 aromatic carbocycles. The van der Waals surface area contributed by atoms with E-state index in [4.69, 9.17) is 0 Å². The van der Waals surface area contributed by atoms with E-state index in [1.54, 1.807) is 29.2 Å². The van der Waals surface area contributed by atoms with Crippen molar-refractivity contribution in [2.24, 2.45) is 11.8 Å². The van der Waals surface area contributed by atoms with Crippen molar-refractivity contribution in [1.29, 1.82) is 0 Å². The Morgan fingerprint density at radius 1 is 0.974 bits per heavy atom. The Kier molecular flexibility index (Phi) is 8.93. The van der Waals surface area contributed by atoms with Crippen molar-refractivity contribution in [3.8, 4) is 0 Å². The second-order valence-corrected chi connectivity index (χ2v) is 13.1. The minimum atomic E-state index is -3.55. The number of hydrogen-bond donors (Lipinski definition) is 1. The van der Waals surface area contributed by atoms with Gasteiger partial charge in [0.05, 0.1) is 10.6 Å². The van der Waals surface area contributed by atoms with E-state index in [2.05, 4.69) is 17.4 Å². The molecule has 1 heterocycles. The summed E-state index contributed by atoms with van der Waals surface area (Å²) in [7, 11) is 0.295. The lowest BCUT2D eigenvalue weighted by Gasteiger charge is -2.44. The summed E-state index contributed by atoms with van der Waals surface area (Å²) < 4.78 is 26.7. The van der Waals surface area contributed by atoms with Gasteiger partial charge in [-0.05, 0) is 74.5 Å². The molecular formula is C30H41N3O4S. The molecule has 1 aliphatic carbocycles. The van der Waals surface area contributed by atoms with Crippen LogP contribution in [0.25, 0.3) is 0 Å². The average molecular weight is 540 g/mol. The number of carbonyl (C=O) groups excluding carboxylic acids is 2. The van der Waals surface area contributed by atoms with Crippen LogP contribution in [0.15, 0.2) is 53.4 Å². The van der Waals surface area contributed by atoms with Crippen LogP contribution < -0.4 is 5.32 Å². The molecule has 206 valence electrons. The van der Waals surface area contributed by atoms with Gasteiger partial charge in [0, 0.05) is 6.54 Å². The number of sulfone groups is 1. The van der Waals surface area contributed by atoms with Gasteiger partial charge in [-0.3, -0.25) is 9.59 Å². The average Bonchev–Trinajstić information content (AvgIpc) is 3.32. The van der Waals surface area contributed by atoms with Crippen LogP contribution in [0.2, 0.25) is 0 Å². The molecule has 0 bridgehead atoms. The van der Waals surface area contributed by atoms with Crippen LogP contribution in [0, 0.1) is 11.8 Å². The SMILES string of the molecule is CCC(CC)[C@@H]1C(=O)N[C@H](C2Cc3ccccc3C2)C(=O)N1Cc1ccccc1S(=O)(=O)CCCN(C)C. The number of hydrogen-bond acceptors (Lipinski definition) is 5. The third-order valence-electron chi connectivity index (χ3n) is 8.17. The fraction of sp³-hybridized carbons (Fsp3) is 0.533. The zero-order chi connectivity index (χ0) is 27.4. The van der Waals surface area contributed by atoms with Crippen molar-refractivity contribution in [1.82, 2.24) is 15.1 Å². The van der Waals surface area contributed by atoms with Gasteiger partial charge in [0.15, 0.2) is 9.84 Å². The van der Waals surface area contributed by atoms with Gasteiger partial charge in [-0.25, -0.2) is 8.42 Å². The number of nitrogens with one attached hydrogen (secondary N) is 1. The molecule has 7 nitrogen and oxygen atoms in total. The van der Waals surface area contributed by atoms with Gasteiger partial charge in [-0.15, -0.1) is 0 Å². The van der Waals surface area contributed by atoms with Gasteiger partial charge in [0.2, 0.25) is 11.8 Å². The maximum Gasteiger partial charge on any atom is 0.246 e. The quantitative estimate of drug-likeness (QED) is 0.473. The summed E-state index contributed by atoms with van der Waals surface area (Å²) in [4.78, 5) is 31.6. The van der Waals surface area contributed by atoms with Gasteiger partial charge >= 0.3 is 0 Å². The summed E-state index contributed by atoms with van der Waals surface area (Å²) in [6.45, 7) is 4.85. The largest absolute Gasteiger partial charge is 0.342 e. The molecule has 2 atom stereocenters. The summed E-state index contributed by atoms with van der Waals surface area (Å²) in [6, 6.07) is 13.9. The summed E-state index contributed by atoms with van der Waals surface area (Å²) >= 11 is 0. The molecule has 0 radical (unpaired) electrons. The van der Waals surface area contributed by atoms with Crippen LogP contribution in [0.5, 0.6) is 0 Å². The number of nitrogens with zero attached hydrogens (tertiary/aromatic N) is 2. The van der Waals surface area contributed by atoms with Gasteiger partial charge in [-0.2, -0.15) is 0 Å². The molecular weight excluding hydrogens is 498 g/mol. The number of rotatable bonds is 11. The Balaban J connectivity index is 1.65. The van der Waals surface area contributed by atoms with Crippen molar-refractivity contribution in [2.75, 3.05) is 26.4 Å². The Morgan fingerprint density at radius 2 is 1.58 bits per heavy atom. The zero-order valence-electron chi connectivity index (χ0n) is 23.0. The summed E-state index contributed by atoms with van der Waals surface area (Å²) in [6.07, 6.45) is 3.51. The number of amides is 2. The van der Waals surface area contributed by atoms with Crippen LogP contribution in [-0.4, -0.2) is 68.5 Å². The van der Waals surface area contributed by atoms with E-state index in [1.807, 2.05) is 45.0 Å². The first-order chi connectivity index (χ1) is 18.2. The first kappa shape index (κ1) is 28.3. The highest BCUT2D eigenvalue weighted by Crippen LogP contribution is 2.34. The van der Waals surface area contributed by atoms with Crippen LogP contribution in [0.3, 0.4) is 0 Å². The minimum Gasteiger partial charge on any atom is -0.342 e. The van der Waals surface area contributed by atoms with E-state index in [-0.39, 0.29) is 40.8 Å². The molecule has 0 saturated carbocycles. The van der Waals surface area contributed by atoms with Crippen molar-refractivity contribution in [2.45, 2.75) is 69.5 Å². The topological polar surface area (TPSA) is 86.8 Å². The minimum absolute atomic E-state index is 0.00969. The third kappa shape index (κ3) is 5.96. The fourth-order valence-corrected chi connectivity index (χ4v) is 7.63. The maximum absolute atomic E-state index is 14.1. The second-order valence-electron chi connectivity index (χ2n) is 11.0. The van der Waals surface area contributed by atoms with E-state index in [9.17, 15) is 18.0 Å². The van der Waals surface area contributed by atoms with Gasteiger partial charge in [-0.1, -0.05) is 69.2 Å². The molecule has 2 aromatic rings. The number of benzene rings is 2. The normalized spacial score (nSPS) is 20.3. The van der Waals surface area contributed by atoms with E-state index >= 15 is 0 Å². The molecule has 1 fully saturated rings. The monoisotopic (exact) mass is 539 g/mol. The van der Waals surface area contributed by atoms with Crippen molar-refractivity contribution < 1.29 is 18.0 Å². The maximum atomic E-state index is 14.1. The Labute approximate surface area is 227 Å². The molecule has 2 amide bonds. The third-order valence-corrected chi connectivity index (χ3v) is 10.1. The Bertz CT molecular complexity index is 1230. The van der Waals surface area contributed by atoms with Gasteiger partial charge < -0.3 is 15.1 Å². The smallest absolute Gasteiger partial charge is 0.246 e. The van der Waals surface area contributed by atoms with Crippen LogP contribution in [-0.2, 0) is 38.8 Å². The van der Waals surface area contributed by atoms with E-state index < -0.39 is 21.9 Å². The van der Waals surface area contributed by atoms with Crippen LogP contribution >= 0.6 is 0 Å². The summed E-state index contributed by atoms with van der Waals surface area (Å²) in [5, 5.41) is 3.09. The van der Waals surface area contributed by atoms with Crippen molar-refractivity contribution in [3.63, 3.8) is 0 Å². The van der Waals surface area contributed by atoms with Crippen molar-refractivity contribution in [3.05, 3.63) is 65.2 Å². The predicted molar refractivity (Wildman–Crippen MR) is 149 cm³/mol. The predicted octanol–water partition coefficient (Wildman–Crippen LogP) is 3.46. The first-order valence-electron chi connectivity index (χ1n) is 13.8. The number of fused-ring (bicyclic) bond motifs is 1. The van der Waals surface area contributed by atoms with Crippen molar-refractivity contribution >= 4 is 21.7 Å². The highest BCUT2D eigenvalue weighted by atomic mass is 32.2. The molecule has 0 aromatic heterocycles. The molecule has 1 aliphatic heterocycles. The standard InChI is InChI=1S/C30H41N3O4S/c1-5-21(6-2)28-29(34)31-27(25-18-22-12-7-8-13-23(22)19-25)30(35)33(28)20-24-14-9-10-15-26(24)38(36,37)17-11-16-32(3)4/h7-10,12-15,21,25,27-28H,5-6,11,16-20H2,1-4H3,(H,31,34)/t27-,28-/m1/s1. The molecule has 1 saturated heterocycles. The van der Waals surface area contributed by atoms with Gasteiger partial charge in [0.1, 0.15) is 12.1 Å². The molecule has 2 aliphatic rings. The lowest BCUT2D eigenvalue weighted by molar-refractivity contribution is -0.154. The highest BCUT2D eigenvalue weighted by molar-refractivity contribution is 7.91. The first-order valence-corrected chi connectivity index (χ1v) is 15.4. The second kappa shape index (κ2) is 12.0. The lowest BCUT2D eigenvalue weighted by Crippen LogP contribution is -2.66. The molecule has 8 heteroatoms. The summed E-state index contributed by atoms with van der Waals surface area (Å²) in [5.74, 6) is -0.233. The van der Waals surface area contributed by atoms with E-state index in [0.29, 0.717) is 18.5 Å². The highest BCUT2D eigenvalue weighted by Gasteiger charge is 2.47. The molecule has 4 rings (SSSR count).